The van der Waals surface area contributed by atoms with Crippen molar-refractivity contribution < 1.29 is 14.0 Å². The van der Waals surface area contributed by atoms with Crippen molar-refractivity contribution in [3.8, 4) is 0 Å². The van der Waals surface area contributed by atoms with Gasteiger partial charge < -0.3 is 9.80 Å². The molecule has 0 radical (unpaired) electrons. The van der Waals surface area contributed by atoms with E-state index < -0.39 is 5.82 Å². The van der Waals surface area contributed by atoms with Gasteiger partial charge in [-0.25, -0.2) is 4.39 Å². The molecule has 3 aliphatic carbocycles. The fourth-order valence-corrected chi connectivity index (χ4v) is 5.42. The molecule has 3 atom stereocenters. The molecule has 2 amide bonds. The number of nitrogens with zero attached hydrogens (tertiary/aromatic N) is 2. The molecule has 1 saturated heterocycles. The largest absolute Gasteiger partial charge is 0.339 e. The second-order valence-electron chi connectivity index (χ2n) is 8.22. The monoisotopic (exact) mass is 354 g/mol. The number of allylic oxidation sites excluding steroid dienone is 2. The van der Waals surface area contributed by atoms with Crippen LogP contribution in [0.5, 0.6) is 0 Å². The van der Waals surface area contributed by atoms with E-state index in [4.69, 9.17) is 0 Å². The van der Waals surface area contributed by atoms with Crippen LogP contribution >= 0.6 is 0 Å². The minimum atomic E-state index is -0.400. The van der Waals surface area contributed by atoms with Crippen LogP contribution in [-0.4, -0.2) is 47.8 Å². The Morgan fingerprint density at radius 1 is 1.04 bits per heavy atom. The molecule has 0 aromatic heterocycles. The summed E-state index contributed by atoms with van der Waals surface area (Å²) in [7, 11) is 0. The fourth-order valence-electron chi connectivity index (χ4n) is 5.42. The number of amides is 2. The predicted octanol–water partition coefficient (Wildman–Crippen LogP) is 2.71. The summed E-state index contributed by atoms with van der Waals surface area (Å²) in [5.41, 5.74) is 0.800. The van der Waals surface area contributed by atoms with Crippen molar-refractivity contribution in [1.82, 2.24) is 9.80 Å². The van der Waals surface area contributed by atoms with Gasteiger partial charge in [-0.15, -0.1) is 0 Å². The SMILES string of the molecule is O=C(c1cccc(F)c1)N1CCN(C(=O)[C@H]2C[C@H]3C=C[C@H]2C32CC2)CC1. The molecule has 1 aromatic rings. The van der Waals surface area contributed by atoms with Crippen LogP contribution in [0.25, 0.3) is 0 Å². The minimum absolute atomic E-state index is 0.137. The van der Waals surface area contributed by atoms with Gasteiger partial charge in [0.1, 0.15) is 5.82 Å². The summed E-state index contributed by atoms with van der Waals surface area (Å²) in [5.74, 6) is 0.896. The zero-order valence-electron chi connectivity index (χ0n) is 14.7. The van der Waals surface area contributed by atoms with E-state index in [9.17, 15) is 14.0 Å². The first-order valence-corrected chi connectivity index (χ1v) is 9.60. The van der Waals surface area contributed by atoms with Gasteiger partial charge in [-0.05, 0) is 54.7 Å². The molecule has 1 spiro atoms. The van der Waals surface area contributed by atoms with Gasteiger partial charge in [0.2, 0.25) is 5.91 Å². The van der Waals surface area contributed by atoms with Gasteiger partial charge in [0.15, 0.2) is 0 Å². The lowest BCUT2D eigenvalue weighted by Gasteiger charge is -2.37. The topological polar surface area (TPSA) is 40.6 Å². The maximum Gasteiger partial charge on any atom is 0.254 e. The van der Waals surface area contributed by atoms with Crippen LogP contribution in [0.4, 0.5) is 4.39 Å². The number of carbonyl (C=O) groups excluding carboxylic acids is 2. The van der Waals surface area contributed by atoms with Gasteiger partial charge in [0.25, 0.3) is 5.91 Å². The third kappa shape index (κ3) is 2.32. The molecule has 2 saturated carbocycles. The number of piperazine rings is 1. The summed E-state index contributed by atoms with van der Waals surface area (Å²) in [5, 5.41) is 0. The van der Waals surface area contributed by atoms with Crippen molar-refractivity contribution in [2.24, 2.45) is 23.2 Å². The molecule has 1 aromatic carbocycles. The summed E-state index contributed by atoms with van der Waals surface area (Å²) in [6.45, 7) is 2.18. The highest BCUT2D eigenvalue weighted by molar-refractivity contribution is 5.94. The van der Waals surface area contributed by atoms with E-state index in [0.29, 0.717) is 49.0 Å². The van der Waals surface area contributed by atoms with Crippen molar-refractivity contribution in [2.45, 2.75) is 19.3 Å². The van der Waals surface area contributed by atoms with Crippen LogP contribution in [0.2, 0.25) is 0 Å². The van der Waals surface area contributed by atoms with Crippen LogP contribution in [-0.2, 0) is 4.79 Å². The van der Waals surface area contributed by atoms with E-state index >= 15 is 0 Å². The Morgan fingerprint density at radius 2 is 1.77 bits per heavy atom. The summed E-state index contributed by atoms with van der Waals surface area (Å²) in [6.07, 6.45) is 8.16. The quantitative estimate of drug-likeness (QED) is 0.766. The zero-order chi connectivity index (χ0) is 17.9. The lowest BCUT2D eigenvalue weighted by atomic mass is 9.88. The average Bonchev–Trinajstić information content (AvgIpc) is 3.34. The molecule has 0 N–H and O–H groups in total. The molecule has 136 valence electrons. The van der Waals surface area contributed by atoms with Crippen LogP contribution in [0.15, 0.2) is 36.4 Å². The first-order valence-electron chi connectivity index (χ1n) is 9.60. The maximum absolute atomic E-state index is 13.3. The molecule has 2 bridgehead atoms. The van der Waals surface area contributed by atoms with Gasteiger partial charge in [-0.2, -0.15) is 0 Å². The number of hydrogen-bond acceptors (Lipinski definition) is 2. The van der Waals surface area contributed by atoms with Crippen LogP contribution in [0, 0.1) is 29.0 Å². The number of halogens is 1. The molecule has 0 unspecified atom stereocenters. The Balaban J connectivity index is 1.22. The molecule has 26 heavy (non-hydrogen) atoms. The van der Waals surface area contributed by atoms with Crippen molar-refractivity contribution in [2.75, 3.05) is 26.2 Å². The molecule has 4 aliphatic rings. The Labute approximate surface area is 152 Å². The molecule has 1 heterocycles. The van der Waals surface area contributed by atoms with Crippen molar-refractivity contribution >= 4 is 11.8 Å². The molecule has 3 fully saturated rings. The first-order chi connectivity index (χ1) is 12.6. The van der Waals surface area contributed by atoms with Crippen LogP contribution < -0.4 is 0 Å². The Kier molecular flexibility index (Phi) is 3.49. The normalized spacial score (nSPS) is 30.9. The number of hydrogen-bond donors (Lipinski definition) is 0. The highest BCUT2D eigenvalue weighted by atomic mass is 19.1. The van der Waals surface area contributed by atoms with E-state index in [0.717, 1.165) is 6.42 Å². The van der Waals surface area contributed by atoms with Crippen molar-refractivity contribution in [3.05, 3.63) is 47.8 Å². The Morgan fingerprint density at radius 3 is 2.42 bits per heavy atom. The molecular weight excluding hydrogens is 331 g/mol. The Bertz CT molecular complexity index is 793. The highest BCUT2D eigenvalue weighted by Gasteiger charge is 2.64. The van der Waals surface area contributed by atoms with Gasteiger partial charge in [0.05, 0.1) is 0 Å². The number of rotatable bonds is 2. The molecule has 5 rings (SSSR count). The van der Waals surface area contributed by atoms with E-state index in [1.54, 1.807) is 17.0 Å². The second kappa shape index (κ2) is 5.66. The van der Waals surface area contributed by atoms with E-state index in [1.807, 2.05) is 4.90 Å². The van der Waals surface area contributed by atoms with Gasteiger partial charge >= 0.3 is 0 Å². The zero-order valence-corrected chi connectivity index (χ0v) is 14.7. The lowest BCUT2D eigenvalue weighted by molar-refractivity contribution is -0.138. The third-order valence-electron chi connectivity index (χ3n) is 6.99. The van der Waals surface area contributed by atoms with Crippen molar-refractivity contribution in [1.29, 1.82) is 0 Å². The van der Waals surface area contributed by atoms with Crippen molar-refractivity contribution in [3.63, 3.8) is 0 Å². The predicted molar refractivity (Wildman–Crippen MR) is 94.8 cm³/mol. The Hall–Kier alpha value is -2.17. The summed E-state index contributed by atoms with van der Waals surface area (Å²) in [6, 6.07) is 5.80. The molecule has 4 nitrogen and oxygen atoms in total. The fraction of sp³-hybridized carbons (Fsp3) is 0.524. The van der Waals surface area contributed by atoms with Gasteiger partial charge in [-0.3, -0.25) is 9.59 Å². The van der Waals surface area contributed by atoms with Gasteiger partial charge in [-0.1, -0.05) is 18.2 Å². The lowest BCUT2D eigenvalue weighted by Crippen LogP contribution is -2.52. The smallest absolute Gasteiger partial charge is 0.254 e. The van der Waals surface area contributed by atoms with Crippen LogP contribution in [0.3, 0.4) is 0 Å². The summed E-state index contributed by atoms with van der Waals surface area (Å²) >= 11 is 0. The summed E-state index contributed by atoms with van der Waals surface area (Å²) < 4.78 is 13.3. The molecular formula is C21H23FN2O2. The van der Waals surface area contributed by atoms with Crippen LogP contribution in [0.1, 0.15) is 29.6 Å². The highest BCUT2D eigenvalue weighted by Crippen LogP contribution is 2.70. The average molecular weight is 354 g/mol. The van der Waals surface area contributed by atoms with E-state index in [1.165, 1.54) is 25.0 Å². The maximum atomic E-state index is 13.3. The first kappa shape index (κ1) is 16.0. The summed E-state index contributed by atoms with van der Waals surface area (Å²) in [4.78, 5) is 29.2. The van der Waals surface area contributed by atoms with E-state index in [-0.39, 0.29) is 17.7 Å². The number of carbonyl (C=O) groups is 2. The minimum Gasteiger partial charge on any atom is -0.339 e. The molecule has 1 aliphatic heterocycles. The van der Waals surface area contributed by atoms with E-state index in [2.05, 4.69) is 12.2 Å². The van der Waals surface area contributed by atoms with Gasteiger partial charge in [0, 0.05) is 37.7 Å². The number of benzene rings is 1. The molecule has 5 heteroatoms. The second-order valence-corrected chi connectivity index (χ2v) is 8.22. The standard InChI is InChI=1S/C21H23FN2O2/c22-16-3-1-2-14(12-16)19(25)23-8-10-24(11-9-23)20(26)17-13-15-4-5-18(17)21(15)6-7-21/h1-5,12,15,17-18H,6-11,13H2/t15-,17+,18-/m1/s1. The third-order valence-corrected chi connectivity index (χ3v) is 6.99.